The number of likely N-dealkylation sites (tertiary alicyclic amines) is 1. The second kappa shape index (κ2) is 7.94. The number of hydrogen-bond donors (Lipinski definition) is 1. The van der Waals surface area contributed by atoms with E-state index in [4.69, 9.17) is 9.47 Å². The molecule has 1 aromatic carbocycles. The first-order valence-corrected chi connectivity index (χ1v) is 8.61. The zero-order valence-corrected chi connectivity index (χ0v) is 14.1. The summed E-state index contributed by atoms with van der Waals surface area (Å²) in [5, 5.41) is 2.93. The lowest BCUT2D eigenvalue weighted by atomic mass is 10.1. The van der Waals surface area contributed by atoms with E-state index in [9.17, 15) is 9.18 Å². The number of ether oxygens (including phenoxy) is 2. The van der Waals surface area contributed by atoms with Gasteiger partial charge >= 0.3 is 0 Å². The van der Waals surface area contributed by atoms with E-state index in [1.54, 1.807) is 6.07 Å². The molecule has 24 heavy (non-hydrogen) atoms. The van der Waals surface area contributed by atoms with E-state index in [1.165, 1.54) is 19.2 Å². The number of nitrogens with zero attached hydrogens (tertiary/aromatic N) is 1. The smallest absolute Gasteiger partial charge is 0.255 e. The van der Waals surface area contributed by atoms with Gasteiger partial charge < -0.3 is 14.8 Å². The largest absolute Gasteiger partial charge is 0.493 e. The molecule has 2 saturated heterocycles. The van der Waals surface area contributed by atoms with Crippen molar-refractivity contribution < 1.29 is 18.7 Å². The molecule has 2 heterocycles. The summed E-state index contributed by atoms with van der Waals surface area (Å²) in [6.45, 7) is 4.39. The van der Waals surface area contributed by atoms with Crippen LogP contribution in [-0.4, -0.2) is 56.8 Å². The van der Waals surface area contributed by atoms with Crippen LogP contribution in [0.1, 0.15) is 29.6 Å². The van der Waals surface area contributed by atoms with Crippen molar-refractivity contribution in [2.75, 3.05) is 40.0 Å². The van der Waals surface area contributed by atoms with Crippen LogP contribution in [-0.2, 0) is 4.74 Å². The van der Waals surface area contributed by atoms with Crippen molar-refractivity contribution in [1.29, 1.82) is 0 Å². The summed E-state index contributed by atoms with van der Waals surface area (Å²) in [5.41, 5.74) is 0.247. The van der Waals surface area contributed by atoms with Gasteiger partial charge in [-0.1, -0.05) is 6.07 Å². The van der Waals surface area contributed by atoms with Crippen LogP contribution in [0.4, 0.5) is 4.39 Å². The molecule has 0 radical (unpaired) electrons. The van der Waals surface area contributed by atoms with Crippen molar-refractivity contribution in [2.45, 2.75) is 25.3 Å². The molecule has 2 aliphatic rings. The number of carbonyl (C=O) groups excluding carboxylic acids is 1. The molecule has 1 N–H and O–H groups in total. The lowest BCUT2D eigenvalue weighted by Gasteiger charge is -2.31. The average molecular weight is 336 g/mol. The molecule has 1 atom stereocenters. The van der Waals surface area contributed by atoms with Crippen molar-refractivity contribution in [3.63, 3.8) is 0 Å². The summed E-state index contributed by atoms with van der Waals surface area (Å²) < 4.78 is 24.1. The fourth-order valence-electron chi connectivity index (χ4n) is 3.64. The SMILES string of the molecule is COc1c(F)cccc1C(=O)NCC1CCN(C2CCOCC2)C1. The summed E-state index contributed by atoms with van der Waals surface area (Å²) >= 11 is 0. The van der Waals surface area contributed by atoms with Gasteiger partial charge in [0.1, 0.15) is 0 Å². The molecule has 1 unspecified atom stereocenters. The minimum atomic E-state index is -0.517. The van der Waals surface area contributed by atoms with Gasteiger partial charge in [0.05, 0.1) is 12.7 Å². The van der Waals surface area contributed by atoms with E-state index in [-0.39, 0.29) is 17.2 Å². The van der Waals surface area contributed by atoms with Crippen molar-refractivity contribution in [1.82, 2.24) is 10.2 Å². The van der Waals surface area contributed by atoms with E-state index in [0.717, 1.165) is 45.6 Å². The first kappa shape index (κ1) is 17.2. The van der Waals surface area contributed by atoms with Gasteiger partial charge in [-0.2, -0.15) is 0 Å². The minimum Gasteiger partial charge on any atom is -0.493 e. The molecule has 0 saturated carbocycles. The van der Waals surface area contributed by atoms with Crippen molar-refractivity contribution in [3.8, 4) is 5.75 Å². The molecular formula is C18H25FN2O3. The summed E-state index contributed by atoms with van der Waals surface area (Å²) in [6, 6.07) is 5.01. The predicted molar refractivity (Wildman–Crippen MR) is 88.8 cm³/mol. The van der Waals surface area contributed by atoms with Gasteiger partial charge in [0.15, 0.2) is 11.6 Å². The molecule has 0 aliphatic carbocycles. The number of amides is 1. The van der Waals surface area contributed by atoms with Gasteiger partial charge in [0.25, 0.3) is 5.91 Å². The number of carbonyl (C=O) groups is 1. The van der Waals surface area contributed by atoms with Crippen LogP contribution in [0.5, 0.6) is 5.75 Å². The van der Waals surface area contributed by atoms with Crippen LogP contribution < -0.4 is 10.1 Å². The third kappa shape index (κ3) is 3.87. The van der Waals surface area contributed by atoms with Crippen LogP contribution >= 0.6 is 0 Å². The fourth-order valence-corrected chi connectivity index (χ4v) is 3.64. The van der Waals surface area contributed by atoms with Gasteiger partial charge in [-0.15, -0.1) is 0 Å². The predicted octanol–water partition coefficient (Wildman–Crippen LogP) is 2.07. The summed E-state index contributed by atoms with van der Waals surface area (Å²) in [7, 11) is 1.37. The van der Waals surface area contributed by atoms with Crippen molar-refractivity contribution in [2.24, 2.45) is 5.92 Å². The van der Waals surface area contributed by atoms with E-state index in [0.29, 0.717) is 18.5 Å². The van der Waals surface area contributed by atoms with Gasteiger partial charge in [-0.25, -0.2) is 4.39 Å². The molecule has 5 nitrogen and oxygen atoms in total. The monoisotopic (exact) mass is 336 g/mol. The van der Waals surface area contributed by atoms with Gasteiger partial charge in [-0.05, 0) is 43.9 Å². The highest BCUT2D eigenvalue weighted by Crippen LogP contribution is 2.24. The quantitative estimate of drug-likeness (QED) is 0.894. The second-order valence-corrected chi connectivity index (χ2v) is 6.52. The molecule has 0 bridgehead atoms. The molecule has 2 aliphatic heterocycles. The Morgan fingerprint density at radius 2 is 2.17 bits per heavy atom. The van der Waals surface area contributed by atoms with Crippen LogP contribution in [0, 0.1) is 11.7 Å². The van der Waals surface area contributed by atoms with Crippen LogP contribution in [0.2, 0.25) is 0 Å². The van der Waals surface area contributed by atoms with E-state index < -0.39 is 5.82 Å². The number of hydrogen-bond acceptors (Lipinski definition) is 4. The Labute approximate surface area is 142 Å². The van der Waals surface area contributed by atoms with Crippen LogP contribution in [0.3, 0.4) is 0 Å². The average Bonchev–Trinajstić information content (AvgIpc) is 3.09. The molecule has 132 valence electrons. The molecule has 1 aromatic rings. The number of para-hydroxylation sites is 1. The van der Waals surface area contributed by atoms with Gasteiger partial charge in [0.2, 0.25) is 0 Å². The summed E-state index contributed by atoms with van der Waals surface area (Å²) in [5.74, 6) is -0.353. The summed E-state index contributed by atoms with van der Waals surface area (Å²) in [4.78, 5) is 14.8. The summed E-state index contributed by atoms with van der Waals surface area (Å²) in [6.07, 6.45) is 3.27. The molecule has 6 heteroatoms. The van der Waals surface area contributed by atoms with Crippen molar-refractivity contribution >= 4 is 5.91 Å². The van der Waals surface area contributed by atoms with E-state index >= 15 is 0 Å². The topological polar surface area (TPSA) is 50.8 Å². The zero-order chi connectivity index (χ0) is 16.9. The second-order valence-electron chi connectivity index (χ2n) is 6.52. The Balaban J connectivity index is 1.51. The van der Waals surface area contributed by atoms with Crippen molar-refractivity contribution in [3.05, 3.63) is 29.6 Å². The highest BCUT2D eigenvalue weighted by Gasteiger charge is 2.29. The fraction of sp³-hybridized carbons (Fsp3) is 0.611. The maximum Gasteiger partial charge on any atom is 0.255 e. The lowest BCUT2D eigenvalue weighted by molar-refractivity contribution is 0.0411. The Bertz CT molecular complexity index is 575. The molecule has 3 rings (SSSR count). The molecule has 2 fully saturated rings. The number of benzene rings is 1. The maximum absolute atomic E-state index is 13.7. The number of rotatable bonds is 5. The molecule has 0 aromatic heterocycles. The molecule has 1 amide bonds. The molecule has 0 spiro atoms. The Hall–Kier alpha value is -1.66. The number of nitrogens with one attached hydrogen (secondary N) is 1. The standard InChI is InChI=1S/C18H25FN2O3/c1-23-17-15(3-2-4-16(17)19)18(22)20-11-13-5-8-21(12-13)14-6-9-24-10-7-14/h2-4,13-14H,5-12H2,1H3,(H,20,22). The van der Waals surface area contributed by atoms with Crippen LogP contribution in [0.15, 0.2) is 18.2 Å². The lowest BCUT2D eigenvalue weighted by Crippen LogP contribution is -2.39. The number of methoxy groups -OCH3 is 1. The Morgan fingerprint density at radius 1 is 1.38 bits per heavy atom. The highest BCUT2D eigenvalue weighted by molar-refractivity contribution is 5.96. The third-order valence-electron chi connectivity index (χ3n) is 4.99. The van der Waals surface area contributed by atoms with Crippen LogP contribution in [0.25, 0.3) is 0 Å². The highest BCUT2D eigenvalue weighted by atomic mass is 19.1. The Morgan fingerprint density at radius 3 is 2.92 bits per heavy atom. The van der Waals surface area contributed by atoms with E-state index in [1.807, 2.05) is 0 Å². The first-order valence-electron chi connectivity index (χ1n) is 8.61. The first-order chi connectivity index (χ1) is 11.7. The third-order valence-corrected chi connectivity index (χ3v) is 4.99. The Kier molecular flexibility index (Phi) is 5.68. The number of halogens is 1. The molecular weight excluding hydrogens is 311 g/mol. The van der Waals surface area contributed by atoms with E-state index in [2.05, 4.69) is 10.2 Å². The van der Waals surface area contributed by atoms with Gasteiger partial charge in [-0.3, -0.25) is 9.69 Å². The minimum absolute atomic E-state index is 0.00486. The maximum atomic E-state index is 13.7. The van der Waals surface area contributed by atoms with Gasteiger partial charge in [0, 0.05) is 32.3 Å². The normalized spacial score (nSPS) is 22.5. The zero-order valence-electron chi connectivity index (χ0n) is 14.1.